The number of nitrogens with two attached hydrogens (primary N) is 1. The number of hydrogen-bond donors (Lipinski definition) is 6. The predicted molar refractivity (Wildman–Crippen MR) is 236 cm³/mol. The number of imide groups is 1. The minimum Gasteiger partial charge on any atom is -0.429 e. The molecule has 2 atom stereocenters. The third kappa shape index (κ3) is 22.1. The van der Waals surface area contributed by atoms with Crippen LogP contribution in [0.25, 0.3) is 0 Å². The van der Waals surface area contributed by atoms with Gasteiger partial charge in [-0.25, -0.2) is 9.59 Å². The molecule has 24 nitrogen and oxygen atoms in total. The van der Waals surface area contributed by atoms with Crippen molar-refractivity contribution in [1.29, 1.82) is 0 Å². The first kappa shape index (κ1) is 54.3. The summed E-state index contributed by atoms with van der Waals surface area (Å²) in [6.07, 6.45) is 1.62. The van der Waals surface area contributed by atoms with Crippen LogP contribution in [0.3, 0.4) is 0 Å². The number of hydrogen-bond acceptors (Lipinski definition) is 16. The third-order valence-corrected chi connectivity index (χ3v) is 9.32. The Bertz CT molecular complexity index is 1980. The predicted octanol–water partition coefficient (Wildman–Crippen LogP) is 1.21. The van der Waals surface area contributed by atoms with Crippen molar-refractivity contribution in [2.75, 3.05) is 77.8 Å². The summed E-state index contributed by atoms with van der Waals surface area (Å²) in [5, 5.41) is 24.0. The Labute approximate surface area is 386 Å². The number of primary amides is 1. The van der Waals surface area contributed by atoms with Gasteiger partial charge < -0.3 is 60.7 Å². The molecule has 0 fully saturated rings. The van der Waals surface area contributed by atoms with E-state index in [4.69, 9.17) is 34.2 Å². The molecule has 0 bridgehead atoms. The molecule has 0 spiro atoms. The number of nitrogens with one attached hydrogen (secondary N) is 5. The molecule has 67 heavy (non-hydrogen) atoms. The van der Waals surface area contributed by atoms with Crippen LogP contribution in [0.2, 0.25) is 0 Å². The number of nitro groups is 1. The van der Waals surface area contributed by atoms with Crippen LogP contribution in [0, 0.1) is 16.0 Å². The van der Waals surface area contributed by atoms with Crippen LogP contribution in [0.5, 0.6) is 5.75 Å². The maximum atomic E-state index is 13.5. The number of nitro benzene ring substituents is 1. The topological polar surface area (TPSA) is 324 Å². The van der Waals surface area contributed by atoms with Crippen LogP contribution in [-0.2, 0) is 59.1 Å². The lowest BCUT2D eigenvalue weighted by molar-refractivity contribution is -0.384. The minimum atomic E-state index is -1.08. The Morgan fingerprint density at radius 3 is 1.90 bits per heavy atom. The van der Waals surface area contributed by atoms with E-state index in [1.54, 1.807) is 38.1 Å². The Morgan fingerprint density at radius 2 is 1.31 bits per heavy atom. The van der Waals surface area contributed by atoms with E-state index in [0.717, 1.165) is 17.1 Å². The van der Waals surface area contributed by atoms with Crippen molar-refractivity contribution in [2.45, 2.75) is 58.2 Å². The molecular weight excluding hydrogens is 885 g/mol. The molecule has 0 radical (unpaired) electrons. The van der Waals surface area contributed by atoms with Crippen molar-refractivity contribution < 1.29 is 71.7 Å². The summed E-state index contributed by atoms with van der Waals surface area (Å²) in [5.74, 6) is -3.11. The van der Waals surface area contributed by atoms with Crippen molar-refractivity contribution in [3.05, 3.63) is 76.4 Å². The number of non-ortho nitro benzene ring substituents is 1. The quantitative estimate of drug-likeness (QED) is 0.0150. The van der Waals surface area contributed by atoms with Crippen LogP contribution >= 0.6 is 0 Å². The average Bonchev–Trinajstić information content (AvgIpc) is 3.62. The lowest BCUT2D eigenvalue weighted by Crippen LogP contribution is -2.54. The van der Waals surface area contributed by atoms with E-state index >= 15 is 0 Å². The molecule has 0 aromatic heterocycles. The molecule has 3 rings (SSSR count). The van der Waals surface area contributed by atoms with Crippen molar-refractivity contribution in [3.8, 4) is 5.75 Å². The van der Waals surface area contributed by atoms with Crippen LogP contribution in [0.15, 0.2) is 60.7 Å². The van der Waals surface area contributed by atoms with Crippen LogP contribution < -0.4 is 37.1 Å². The Morgan fingerprint density at radius 1 is 0.716 bits per heavy atom. The van der Waals surface area contributed by atoms with Gasteiger partial charge in [-0.15, -0.1) is 0 Å². The van der Waals surface area contributed by atoms with Gasteiger partial charge in [0.25, 0.3) is 17.5 Å². The first-order valence-corrected chi connectivity index (χ1v) is 21.4. The standard InChI is InChI=1S/C43H58N8O16/c1-29(2)39(49-36(53)16-20-62-22-24-64-26-27-65-25-23-63-21-18-45-35(52)15-19-50-37(54)13-14-38(50)55)41(57)48-34(4-3-17-46-42(44)58)40(56)47-31-7-5-30(6-8-31)28-66-43(59)67-33-11-9-32(10-12-33)51(60)61/h5-14,29,34,39H,3-4,15-28H2,1-2H3,(H,45,52)(H,47,56)(H,48,57)(H,49,53)(H3,44,46,58). The molecule has 2 aromatic carbocycles. The highest BCUT2D eigenvalue weighted by Gasteiger charge is 2.29. The second-order valence-electron chi connectivity index (χ2n) is 14.8. The van der Waals surface area contributed by atoms with Gasteiger partial charge in [-0.1, -0.05) is 26.0 Å². The first-order chi connectivity index (χ1) is 32.1. The molecule has 7 N–H and O–H groups in total. The molecule has 366 valence electrons. The average molecular weight is 943 g/mol. The van der Waals surface area contributed by atoms with Gasteiger partial charge in [-0.3, -0.25) is 43.8 Å². The van der Waals surface area contributed by atoms with Crippen LogP contribution in [0.4, 0.5) is 21.0 Å². The van der Waals surface area contributed by atoms with Crippen LogP contribution in [0.1, 0.15) is 45.1 Å². The molecule has 0 aliphatic carbocycles. The summed E-state index contributed by atoms with van der Waals surface area (Å²) in [5.41, 5.74) is 5.89. The zero-order valence-corrected chi connectivity index (χ0v) is 37.3. The van der Waals surface area contributed by atoms with E-state index in [1.165, 1.54) is 24.3 Å². The SMILES string of the molecule is CC(C)C(NC(=O)CCOCCOCCOCCOCCNC(=O)CCN1C(=O)C=CC1=O)C(=O)NC(CCCNC(N)=O)C(=O)Nc1ccc(COC(=O)Oc2ccc([N+](=O)[O-])cc2)cc1. The highest BCUT2D eigenvalue weighted by Crippen LogP contribution is 2.18. The van der Waals surface area contributed by atoms with Gasteiger partial charge in [0.15, 0.2) is 0 Å². The van der Waals surface area contributed by atoms with Gasteiger partial charge in [0.1, 0.15) is 24.4 Å². The molecule has 2 aromatic rings. The van der Waals surface area contributed by atoms with Crippen molar-refractivity contribution in [2.24, 2.45) is 11.7 Å². The highest BCUT2D eigenvalue weighted by atomic mass is 16.7. The van der Waals surface area contributed by atoms with E-state index in [2.05, 4.69) is 26.6 Å². The molecule has 2 unspecified atom stereocenters. The van der Waals surface area contributed by atoms with E-state index in [0.29, 0.717) is 37.7 Å². The number of rotatable bonds is 32. The Balaban J connectivity index is 1.30. The Hall–Kier alpha value is -7.02. The second-order valence-corrected chi connectivity index (χ2v) is 14.8. The highest BCUT2D eigenvalue weighted by molar-refractivity contribution is 6.13. The lowest BCUT2D eigenvalue weighted by atomic mass is 10.0. The normalized spacial score (nSPS) is 12.9. The summed E-state index contributed by atoms with van der Waals surface area (Å²) >= 11 is 0. The fourth-order valence-corrected chi connectivity index (χ4v) is 5.79. The number of carbonyl (C=O) groups is 8. The van der Waals surface area contributed by atoms with E-state index < -0.39 is 58.7 Å². The largest absolute Gasteiger partial charge is 0.514 e. The van der Waals surface area contributed by atoms with Gasteiger partial charge in [0, 0.05) is 62.4 Å². The lowest BCUT2D eigenvalue weighted by Gasteiger charge is -2.25. The zero-order valence-electron chi connectivity index (χ0n) is 37.3. The van der Waals surface area contributed by atoms with Gasteiger partial charge in [0.05, 0.1) is 57.8 Å². The number of nitrogens with zero attached hydrogens (tertiary/aromatic N) is 2. The number of amides is 8. The van der Waals surface area contributed by atoms with Gasteiger partial charge in [-0.2, -0.15) is 0 Å². The minimum absolute atomic E-state index is 0.0000279. The number of urea groups is 1. The summed E-state index contributed by atoms with van der Waals surface area (Å²) in [4.78, 5) is 109. The molecule has 1 aliphatic heterocycles. The molecule has 0 saturated carbocycles. The first-order valence-electron chi connectivity index (χ1n) is 21.4. The molecule has 24 heteroatoms. The summed E-state index contributed by atoms with van der Waals surface area (Å²) < 4.78 is 31.9. The maximum Gasteiger partial charge on any atom is 0.514 e. The van der Waals surface area contributed by atoms with E-state index in [1.807, 2.05) is 0 Å². The van der Waals surface area contributed by atoms with Gasteiger partial charge >= 0.3 is 12.2 Å². The second kappa shape index (κ2) is 30.2. The third-order valence-electron chi connectivity index (χ3n) is 9.32. The molecular formula is C43H58N8O16. The number of benzene rings is 2. The van der Waals surface area contributed by atoms with Gasteiger partial charge in [0.2, 0.25) is 23.6 Å². The summed E-state index contributed by atoms with van der Waals surface area (Å²) in [7, 11) is 0. The van der Waals surface area contributed by atoms with Crippen LogP contribution in [-0.4, -0.2) is 142 Å². The zero-order chi connectivity index (χ0) is 49.0. The maximum absolute atomic E-state index is 13.5. The van der Waals surface area contributed by atoms with Crippen molar-refractivity contribution in [3.63, 3.8) is 0 Å². The number of carbonyl (C=O) groups excluding carboxylic acids is 8. The molecule has 8 amide bonds. The number of anilines is 1. The van der Waals surface area contributed by atoms with Crippen molar-refractivity contribution in [1.82, 2.24) is 26.2 Å². The Kier molecular flexibility index (Phi) is 24.5. The van der Waals surface area contributed by atoms with E-state index in [-0.39, 0.29) is 102 Å². The summed E-state index contributed by atoms with van der Waals surface area (Å²) in [6, 6.07) is 8.32. The molecule has 0 saturated heterocycles. The fraction of sp³-hybridized carbons (Fsp3) is 0.488. The van der Waals surface area contributed by atoms with Crippen molar-refractivity contribution >= 4 is 59.0 Å². The van der Waals surface area contributed by atoms with Gasteiger partial charge in [-0.05, 0) is 48.6 Å². The fourth-order valence-electron chi connectivity index (χ4n) is 5.79. The number of ether oxygens (including phenoxy) is 6. The molecule has 1 heterocycles. The molecule has 1 aliphatic rings. The monoisotopic (exact) mass is 942 g/mol. The van der Waals surface area contributed by atoms with E-state index in [9.17, 15) is 48.5 Å². The summed E-state index contributed by atoms with van der Waals surface area (Å²) in [6.45, 7) is 5.66. The smallest absolute Gasteiger partial charge is 0.429 e.